The van der Waals surface area contributed by atoms with E-state index in [1.165, 1.54) is 0 Å². The van der Waals surface area contributed by atoms with Crippen LogP contribution < -0.4 is 11.1 Å². The zero-order chi connectivity index (χ0) is 9.97. The number of nitrogens with one attached hydrogen (secondary N) is 1. The molecule has 1 saturated heterocycles. The molecule has 0 radical (unpaired) electrons. The first-order valence-corrected chi connectivity index (χ1v) is 5.95. The summed E-state index contributed by atoms with van der Waals surface area (Å²) in [7, 11) is -0.912. The molecule has 14 heavy (non-hydrogen) atoms. The van der Waals surface area contributed by atoms with Gasteiger partial charge in [0.05, 0.1) is 16.0 Å². The predicted molar refractivity (Wildman–Crippen MR) is 58.5 cm³/mol. The van der Waals surface area contributed by atoms with Crippen molar-refractivity contribution in [2.45, 2.75) is 16.6 Å². The molecule has 4 heteroatoms. The molecule has 76 valence electrons. The standard InChI is InChI=1S/C10H14N2OS/c11-8-2-1-3-9(6-8)14(13)10-4-5-12-7-10/h1-3,6,10,12H,4-5,7,11H2/t10-,14?/m0/s1. The molecule has 0 aromatic heterocycles. The minimum absolute atomic E-state index is 0.247. The second-order valence-corrected chi connectivity index (χ2v) is 5.22. The molecule has 0 aliphatic carbocycles. The summed E-state index contributed by atoms with van der Waals surface area (Å²) in [5.74, 6) is 0. The van der Waals surface area contributed by atoms with E-state index >= 15 is 0 Å². The van der Waals surface area contributed by atoms with E-state index in [0.717, 1.165) is 24.4 Å². The zero-order valence-electron chi connectivity index (χ0n) is 7.90. The van der Waals surface area contributed by atoms with Gasteiger partial charge < -0.3 is 11.1 Å². The Balaban J connectivity index is 2.17. The molecule has 0 bridgehead atoms. The fraction of sp³-hybridized carbons (Fsp3) is 0.400. The molecule has 1 unspecified atom stereocenters. The Morgan fingerprint density at radius 3 is 3.00 bits per heavy atom. The number of rotatable bonds is 2. The molecule has 3 nitrogen and oxygen atoms in total. The van der Waals surface area contributed by atoms with E-state index in [4.69, 9.17) is 5.73 Å². The molecule has 0 amide bonds. The first kappa shape index (κ1) is 9.68. The van der Waals surface area contributed by atoms with Gasteiger partial charge in [-0.1, -0.05) is 6.07 Å². The van der Waals surface area contributed by atoms with Gasteiger partial charge in [0.15, 0.2) is 0 Å². The van der Waals surface area contributed by atoms with E-state index in [9.17, 15) is 4.21 Å². The highest BCUT2D eigenvalue weighted by molar-refractivity contribution is 7.85. The van der Waals surface area contributed by atoms with Crippen molar-refractivity contribution >= 4 is 16.5 Å². The Hall–Kier alpha value is -0.870. The number of nitrogen functional groups attached to an aromatic ring is 1. The minimum atomic E-state index is -0.912. The minimum Gasteiger partial charge on any atom is -0.399 e. The molecule has 1 aliphatic heterocycles. The Labute approximate surface area is 86.1 Å². The van der Waals surface area contributed by atoms with E-state index in [0.29, 0.717) is 5.69 Å². The average Bonchev–Trinajstić information content (AvgIpc) is 2.69. The van der Waals surface area contributed by atoms with Crippen molar-refractivity contribution in [3.8, 4) is 0 Å². The van der Waals surface area contributed by atoms with Gasteiger partial charge in [0.1, 0.15) is 0 Å². The molecule has 3 N–H and O–H groups in total. The quantitative estimate of drug-likeness (QED) is 0.708. The van der Waals surface area contributed by atoms with Gasteiger partial charge in [0.2, 0.25) is 0 Å². The predicted octanol–water partition coefficient (Wildman–Crippen LogP) is 0.738. The monoisotopic (exact) mass is 210 g/mol. The maximum absolute atomic E-state index is 12.0. The molecule has 1 aromatic rings. The van der Waals surface area contributed by atoms with Crippen LogP contribution in [0.1, 0.15) is 6.42 Å². The van der Waals surface area contributed by atoms with Crippen molar-refractivity contribution in [2.24, 2.45) is 0 Å². The molecule has 1 aliphatic rings. The lowest BCUT2D eigenvalue weighted by molar-refractivity contribution is 0.672. The van der Waals surface area contributed by atoms with E-state index in [-0.39, 0.29) is 5.25 Å². The molecule has 0 spiro atoms. The molecule has 2 atom stereocenters. The number of nitrogens with two attached hydrogens (primary N) is 1. The summed E-state index contributed by atoms with van der Waals surface area (Å²) in [6.45, 7) is 1.82. The van der Waals surface area contributed by atoms with Crippen LogP contribution in [0.15, 0.2) is 29.2 Å². The zero-order valence-corrected chi connectivity index (χ0v) is 8.72. The van der Waals surface area contributed by atoms with Gasteiger partial charge in [-0.25, -0.2) is 0 Å². The maximum atomic E-state index is 12.0. The second kappa shape index (κ2) is 4.11. The Morgan fingerprint density at radius 1 is 1.50 bits per heavy atom. The lowest BCUT2D eigenvalue weighted by Crippen LogP contribution is -2.18. The van der Waals surface area contributed by atoms with Crippen LogP contribution in [0.5, 0.6) is 0 Å². The van der Waals surface area contributed by atoms with Gasteiger partial charge in [-0.15, -0.1) is 0 Å². The summed E-state index contributed by atoms with van der Waals surface area (Å²) in [6.07, 6.45) is 0.988. The molecule has 2 rings (SSSR count). The van der Waals surface area contributed by atoms with Crippen molar-refractivity contribution in [1.29, 1.82) is 0 Å². The van der Waals surface area contributed by atoms with Crippen LogP contribution in [0.25, 0.3) is 0 Å². The molecule has 1 fully saturated rings. The fourth-order valence-corrected chi connectivity index (χ4v) is 3.09. The van der Waals surface area contributed by atoms with Crippen molar-refractivity contribution in [3.05, 3.63) is 24.3 Å². The van der Waals surface area contributed by atoms with E-state index in [1.54, 1.807) is 6.07 Å². The van der Waals surface area contributed by atoms with Crippen LogP contribution >= 0.6 is 0 Å². The third-order valence-electron chi connectivity index (χ3n) is 2.41. The third-order valence-corrected chi connectivity index (χ3v) is 4.13. The summed E-state index contributed by atoms with van der Waals surface area (Å²) < 4.78 is 12.0. The van der Waals surface area contributed by atoms with Crippen LogP contribution in [-0.4, -0.2) is 22.5 Å². The molecular formula is C10H14N2OS. The van der Waals surface area contributed by atoms with Crippen LogP contribution in [0.3, 0.4) is 0 Å². The summed E-state index contributed by atoms with van der Waals surface area (Å²) >= 11 is 0. The van der Waals surface area contributed by atoms with Gasteiger partial charge in [-0.05, 0) is 31.2 Å². The second-order valence-electron chi connectivity index (χ2n) is 3.48. The molecule has 1 heterocycles. The number of hydrogen-bond donors (Lipinski definition) is 2. The SMILES string of the molecule is Nc1cccc(S(=O)[C@H]2CCNC2)c1. The van der Waals surface area contributed by atoms with Crippen molar-refractivity contribution < 1.29 is 4.21 Å². The van der Waals surface area contributed by atoms with Gasteiger partial charge >= 0.3 is 0 Å². The number of benzene rings is 1. The summed E-state index contributed by atoms with van der Waals surface area (Å²) in [5, 5.41) is 3.46. The average molecular weight is 210 g/mol. The summed E-state index contributed by atoms with van der Waals surface area (Å²) in [4.78, 5) is 0.846. The lowest BCUT2D eigenvalue weighted by Gasteiger charge is -2.08. The Bertz CT molecular complexity index is 348. The first-order chi connectivity index (χ1) is 6.77. The van der Waals surface area contributed by atoms with E-state index in [2.05, 4.69) is 5.32 Å². The lowest BCUT2D eigenvalue weighted by atomic mass is 10.3. The fourth-order valence-electron chi connectivity index (χ4n) is 1.64. The van der Waals surface area contributed by atoms with Crippen LogP contribution in [0, 0.1) is 0 Å². The number of anilines is 1. The van der Waals surface area contributed by atoms with Crippen molar-refractivity contribution in [2.75, 3.05) is 18.8 Å². The third kappa shape index (κ3) is 1.96. The highest BCUT2D eigenvalue weighted by Crippen LogP contribution is 2.17. The topological polar surface area (TPSA) is 55.1 Å². The van der Waals surface area contributed by atoms with Crippen LogP contribution in [-0.2, 0) is 10.8 Å². The van der Waals surface area contributed by atoms with Gasteiger partial charge in [0, 0.05) is 17.1 Å². The van der Waals surface area contributed by atoms with Crippen molar-refractivity contribution in [3.63, 3.8) is 0 Å². The normalized spacial score (nSPS) is 23.6. The van der Waals surface area contributed by atoms with E-state index < -0.39 is 10.8 Å². The van der Waals surface area contributed by atoms with Gasteiger partial charge in [-0.2, -0.15) is 0 Å². The Morgan fingerprint density at radius 2 is 2.36 bits per heavy atom. The van der Waals surface area contributed by atoms with Crippen LogP contribution in [0.2, 0.25) is 0 Å². The Kier molecular flexibility index (Phi) is 2.84. The molecular weight excluding hydrogens is 196 g/mol. The maximum Gasteiger partial charge on any atom is 0.0574 e. The summed E-state index contributed by atoms with van der Waals surface area (Å²) in [6, 6.07) is 7.35. The largest absolute Gasteiger partial charge is 0.399 e. The van der Waals surface area contributed by atoms with Gasteiger partial charge in [0.25, 0.3) is 0 Å². The first-order valence-electron chi connectivity index (χ1n) is 4.74. The highest BCUT2D eigenvalue weighted by atomic mass is 32.2. The molecule has 1 aromatic carbocycles. The van der Waals surface area contributed by atoms with Crippen molar-refractivity contribution in [1.82, 2.24) is 5.32 Å². The van der Waals surface area contributed by atoms with Gasteiger partial charge in [-0.3, -0.25) is 4.21 Å². The van der Waals surface area contributed by atoms with Crippen LogP contribution in [0.4, 0.5) is 5.69 Å². The number of hydrogen-bond acceptors (Lipinski definition) is 3. The molecule has 0 saturated carbocycles. The highest BCUT2D eigenvalue weighted by Gasteiger charge is 2.22. The van der Waals surface area contributed by atoms with E-state index in [1.807, 2.05) is 18.2 Å². The smallest absolute Gasteiger partial charge is 0.0574 e. The summed E-state index contributed by atoms with van der Waals surface area (Å²) in [5.41, 5.74) is 6.33.